The summed E-state index contributed by atoms with van der Waals surface area (Å²) >= 11 is 0. The molecule has 1 atom stereocenters. The SMILES string of the molecule is Cc1c(C)n(C(C)CN)c(=O)n1C. The van der Waals surface area contributed by atoms with Crippen molar-refractivity contribution in [3.63, 3.8) is 0 Å². The Bertz CT molecular complexity index is 362. The number of aromatic nitrogens is 2. The molecule has 0 radical (unpaired) electrons. The number of imidazole rings is 1. The Balaban J connectivity index is 3.38. The van der Waals surface area contributed by atoms with E-state index >= 15 is 0 Å². The molecule has 4 nitrogen and oxygen atoms in total. The van der Waals surface area contributed by atoms with E-state index in [4.69, 9.17) is 5.73 Å². The highest BCUT2D eigenvalue weighted by Crippen LogP contribution is 2.09. The fourth-order valence-corrected chi connectivity index (χ4v) is 1.49. The lowest BCUT2D eigenvalue weighted by Gasteiger charge is -2.10. The molecule has 13 heavy (non-hydrogen) atoms. The zero-order chi connectivity index (χ0) is 10.2. The van der Waals surface area contributed by atoms with Gasteiger partial charge in [-0.1, -0.05) is 0 Å². The minimum absolute atomic E-state index is 0.0213. The van der Waals surface area contributed by atoms with Gasteiger partial charge in [-0.3, -0.25) is 9.13 Å². The van der Waals surface area contributed by atoms with E-state index in [2.05, 4.69) is 0 Å². The van der Waals surface area contributed by atoms with Crippen LogP contribution in [0.1, 0.15) is 24.4 Å². The summed E-state index contributed by atoms with van der Waals surface area (Å²) < 4.78 is 3.40. The highest BCUT2D eigenvalue weighted by molar-refractivity contribution is 5.12. The van der Waals surface area contributed by atoms with Crippen molar-refractivity contribution in [2.75, 3.05) is 6.54 Å². The summed E-state index contributed by atoms with van der Waals surface area (Å²) in [5.74, 6) is 0. The molecular weight excluding hydrogens is 166 g/mol. The standard InChI is InChI=1S/C9H17N3O/c1-6(5-10)12-8(3)7(2)11(4)9(12)13/h6H,5,10H2,1-4H3. The number of hydrogen-bond donors (Lipinski definition) is 1. The Morgan fingerprint density at radius 1 is 1.38 bits per heavy atom. The second kappa shape index (κ2) is 3.38. The first-order chi connectivity index (χ1) is 6.00. The van der Waals surface area contributed by atoms with Crippen LogP contribution in [-0.2, 0) is 7.05 Å². The van der Waals surface area contributed by atoms with Crippen LogP contribution in [0.15, 0.2) is 4.79 Å². The van der Waals surface area contributed by atoms with Crippen molar-refractivity contribution in [1.82, 2.24) is 9.13 Å². The van der Waals surface area contributed by atoms with Gasteiger partial charge < -0.3 is 5.73 Å². The summed E-state index contributed by atoms with van der Waals surface area (Å²) in [7, 11) is 1.78. The van der Waals surface area contributed by atoms with Gasteiger partial charge in [0.05, 0.1) is 0 Å². The first kappa shape index (κ1) is 10.1. The molecule has 0 fully saturated rings. The topological polar surface area (TPSA) is 52.9 Å². The molecule has 0 saturated carbocycles. The van der Waals surface area contributed by atoms with E-state index in [0.29, 0.717) is 6.54 Å². The second-order valence-corrected chi connectivity index (χ2v) is 3.47. The third-order valence-corrected chi connectivity index (χ3v) is 2.66. The van der Waals surface area contributed by atoms with Crippen molar-refractivity contribution in [2.45, 2.75) is 26.8 Å². The molecule has 1 aromatic heterocycles. The van der Waals surface area contributed by atoms with E-state index in [1.165, 1.54) is 0 Å². The third kappa shape index (κ3) is 1.42. The molecule has 1 unspecified atom stereocenters. The van der Waals surface area contributed by atoms with Crippen molar-refractivity contribution in [1.29, 1.82) is 0 Å². The molecule has 0 bridgehead atoms. The molecule has 2 N–H and O–H groups in total. The van der Waals surface area contributed by atoms with E-state index in [9.17, 15) is 4.79 Å². The number of nitrogens with two attached hydrogens (primary N) is 1. The molecule has 1 aromatic rings. The summed E-state index contributed by atoms with van der Waals surface area (Å²) in [6.07, 6.45) is 0. The van der Waals surface area contributed by atoms with Crippen LogP contribution >= 0.6 is 0 Å². The lowest BCUT2D eigenvalue weighted by molar-refractivity contribution is 0.522. The normalized spacial score (nSPS) is 13.3. The van der Waals surface area contributed by atoms with Crippen molar-refractivity contribution in [3.05, 3.63) is 21.9 Å². The largest absolute Gasteiger partial charge is 0.328 e. The van der Waals surface area contributed by atoms with Gasteiger partial charge in [0.25, 0.3) is 0 Å². The van der Waals surface area contributed by atoms with Crippen LogP contribution in [0.5, 0.6) is 0 Å². The zero-order valence-corrected chi connectivity index (χ0v) is 8.66. The summed E-state index contributed by atoms with van der Waals surface area (Å²) in [6, 6.07) is 0.0763. The quantitative estimate of drug-likeness (QED) is 0.718. The lowest BCUT2D eigenvalue weighted by atomic mass is 10.3. The summed E-state index contributed by atoms with van der Waals surface area (Å²) in [5.41, 5.74) is 7.56. The van der Waals surface area contributed by atoms with Gasteiger partial charge in [-0.2, -0.15) is 0 Å². The molecular formula is C9H17N3O. The molecule has 74 valence electrons. The molecule has 0 aliphatic carbocycles. The van der Waals surface area contributed by atoms with Gasteiger partial charge in [0, 0.05) is 31.0 Å². The Kier molecular flexibility index (Phi) is 2.61. The van der Waals surface area contributed by atoms with Gasteiger partial charge in [-0.15, -0.1) is 0 Å². The van der Waals surface area contributed by atoms with E-state index < -0.39 is 0 Å². The van der Waals surface area contributed by atoms with Crippen molar-refractivity contribution >= 4 is 0 Å². The maximum Gasteiger partial charge on any atom is 0.328 e. The number of rotatable bonds is 2. The van der Waals surface area contributed by atoms with Gasteiger partial charge in [0.1, 0.15) is 0 Å². The molecule has 0 aliphatic heterocycles. The Morgan fingerprint density at radius 3 is 2.23 bits per heavy atom. The first-order valence-electron chi connectivity index (χ1n) is 4.45. The van der Waals surface area contributed by atoms with Gasteiger partial charge >= 0.3 is 5.69 Å². The Hall–Kier alpha value is -1.03. The molecule has 0 spiro atoms. The molecule has 1 rings (SSSR count). The zero-order valence-electron chi connectivity index (χ0n) is 8.66. The number of hydrogen-bond acceptors (Lipinski definition) is 2. The third-order valence-electron chi connectivity index (χ3n) is 2.66. The maximum absolute atomic E-state index is 11.7. The van der Waals surface area contributed by atoms with Crippen LogP contribution in [0.2, 0.25) is 0 Å². The predicted octanol–water partition coefficient (Wildman–Crippen LogP) is 0.323. The lowest BCUT2D eigenvalue weighted by Crippen LogP contribution is -2.29. The first-order valence-corrected chi connectivity index (χ1v) is 4.45. The summed E-state index contributed by atoms with van der Waals surface area (Å²) in [6.45, 7) is 6.33. The van der Waals surface area contributed by atoms with E-state index in [1.807, 2.05) is 20.8 Å². The Labute approximate surface area is 78.0 Å². The van der Waals surface area contributed by atoms with Gasteiger partial charge in [0.2, 0.25) is 0 Å². The fraction of sp³-hybridized carbons (Fsp3) is 0.667. The van der Waals surface area contributed by atoms with E-state index in [-0.39, 0.29) is 11.7 Å². The van der Waals surface area contributed by atoms with Crippen LogP contribution in [0.3, 0.4) is 0 Å². The highest BCUT2D eigenvalue weighted by atomic mass is 16.1. The van der Waals surface area contributed by atoms with E-state index in [1.54, 1.807) is 16.2 Å². The van der Waals surface area contributed by atoms with Crippen LogP contribution in [0.4, 0.5) is 0 Å². The van der Waals surface area contributed by atoms with Crippen molar-refractivity contribution in [3.8, 4) is 0 Å². The average molecular weight is 183 g/mol. The van der Waals surface area contributed by atoms with E-state index in [0.717, 1.165) is 11.4 Å². The van der Waals surface area contributed by atoms with Crippen molar-refractivity contribution in [2.24, 2.45) is 12.8 Å². The van der Waals surface area contributed by atoms with Crippen LogP contribution in [0.25, 0.3) is 0 Å². The minimum atomic E-state index is 0.0213. The molecule has 0 aromatic carbocycles. The average Bonchev–Trinajstić information content (AvgIpc) is 2.30. The Morgan fingerprint density at radius 2 is 1.92 bits per heavy atom. The van der Waals surface area contributed by atoms with Gasteiger partial charge in [-0.05, 0) is 20.8 Å². The fourth-order valence-electron chi connectivity index (χ4n) is 1.49. The minimum Gasteiger partial charge on any atom is -0.328 e. The van der Waals surface area contributed by atoms with Gasteiger partial charge in [0.15, 0.2) is 0 Å². The predicted molar refractivity (Wildman–Crippen MR) is 52.9 cm³/mol. The smallest absolute Gasteiger partial charge is 0.328 e. The molecule has 1 heterocycles. The summed E-state index contributed by atoms with van der Waals surface area (Å²) in [4.78, 5) is 11.7. The maximum atomic E-state index is 11.7. The van der Waals surface area contributed by atoms with Crippen LogP contribution in [-0.4, -0.2) is 15.7 Å². The van der Waals surface area contributed by atoms with Crippen molar-refractivity contribution < 1.29 is 0 Å². The molecule has 0 aliphatic rings. The van der Waals surface area contributed by atoms with Crippen LogP contribution in [0, 0.1) is 13.8 Å². The highest BCUT2D eigenvalue weighted by Gasteiger charge is 2.14. The molecule has 0 amide bonds. The van der Waals surface area contributed by atoms with Crippen LogP contribution < -0.4 is 11.4 Å². The molecule has 0 saturated heterocycles. The summed E-state index contributed by atoms with van der Waals surface area (Å²) in [5, 5.41) is 0. The second-order valence-electron chi connectivity index (χ2n) is 3.47. The molecule has 4 heteroatoms. The number of nitrogens with zero attached hydrogens (tertiary/aromatic N) is 2. The van der Waals surface area contributed by atoms with Gasteiger partial charge in [-0.25, -0.2) is 4.79 Å². The monoisotopic (exact) mass is 183 g/mol.